The van der Waals surface area contributed by atoms with E-state index in [1.165, 1.54) is 12.1 Å². The fourth-order valence-electron chi connectivity index (χ4n) is 1.90. The number of hydrogen-bond acceptors (Lipinski definition) is 3. The Kier molecular flexibility index (Phi) is 4.74. The Morgan fingerprint density at radius 2 is 2.11 bits per heavy atom. The Hall–Kier alpha value is -1.09. The van der Waals surface area contributed by atoms with Crippen molar-refractivity contribution in [3.8, 4) is 6.07 Å². The summed E-state index contributed by atoms with van der Waals surface area (Å²) in [5.74, 6) is -0.446. The van der Waals surface area contributed by atoms with Crippen molar-refractivity contribution >= 4 is 11.4 Å². The molecule has 0 radical (unpaired) electrons. The monoisotopic (exact) mass is 268 g/mol. The van der Waals surface area contributed by atoms with Crippen LogP contribution in [0.15, 0.2) is 18.2 Å². The molecule has 0 saturated heterocycles. The van der Waals surface area contributed by atoms with E-state index in [2.05, 4.69) is 0 Å². The molecule has 0 saturated carbocycles. The summed E-state index contributed by atoms with van der Waals surface area (Å²) in [7, 11) is 0. The first-order valence-corrected chi connectivity index (χ1v) is 6.84. The third-order valence-corrected chi connectivity index (χ3v) is 4.22. The number of nitriles is 1. The SMILES string of the molecule is CC(CC(C)(C)[S+](N)[O-])c1cc(F)cc(C#N)c1. The van der Waals surface area contributed by atoms with E-state index in [1.807, 2.05) is 26.8 Å². The molecular weight excluding hydrogens is 251 g/mol. The van der Waals surface area contributed by atoms with Crippen LogP contribution in [0.1, 0.15) is 44.2 Å². The molecular formula is C13H17FN2OS. The quantitative estimate of drug-likeness (QED) is 0.853. The second-order valence-corrected chi connectivity index (χ2v) is 6.75. The van der Waals surface area contributed by atoms with Gasteiger partial charge in [-0.05, 0) is 43.5 Å². The lowest BCUT2D eigenvalue weighted by atomic mass is 9.90. The smallest absolute Gasteiger partial charge is 0.140 e. The Morgan fingerprint density at radius 3 is 2.61 bits per heavy atom. The fourth-order valence-corrected chi connectivity index (χ4v) is 2.31. The van der Waals surface area contributed by atoms with Gasteiger partial charge in [-0.1, -0.05) is 6.92 Å². The summed E-state index contributed by atoms with van der Waals surface area (Å²) in [6.07, 6.45) is 0.560. The van der Waals surface area contributed by atoms with Crippen molar-refractivity contribution in [1.82, 2.24) is 0 Å². The molecule has 0 aliphatic heterocycles. The summed E-state index contributed by atoms with van der Waals surface area (Å²) in [5, 5.41) is 14.2. The van der Waals surface area contributed by atoms with Crippen LogP contribution in [-0.4, -0.2) is 9.30 Å². The molecule has 0 aliphatic rings. The Labute approximate surface area is 110 Å². The van der Waals surface area contributed by atoms with Gasteiger partial charge in [0.2, 0.25) is 0 Å². The van der Waals surface area contributed by atoms with Gasteiger partial charge in [0.15, 0.2) is 0 Å². The van der Waals surface area contributed by atoms with E-state index in [1.54, 1.807) is 6.07 Å². The molecule has 0 aromatic heterocycles. The number of rotatable bonds is 4. The van der Waals surface area contributed by atoms with Gasteiger partial charge in [-0.2, -0.15) is 10.4 Å². The van der Waals surface area contributed by atoms with E-state index in [9.17, 15) is 8.94 Å². The van der Waals surface area contributed by atoms with E-state index < -0.39 is 21.9 Å². The lowest BCUT2D eigenvalue weighted by Crippen LogP contribution is -2.38. The Bertz CT molecular complexity index is 469. The van der Waals surface area contributed by atoms with Crippen molar-refractivity contribution in [3.05, 3.63) is 35.1 Å². The van der Waals surface area contributed by atoms with Crippen LogP contribution < -0.4 is 5.14 Å². The van der Waals surface area contributed by atoms with E-state index in [0.717, 1.165) is 5.56 Å². The van der Waals surface area contributed by atoms with Crippen LogP contribution in [0.5, 0.6) is 0 Å². The Morgan fingerprint density at radius 1 is 1.50 bits per heavy atom. The van der Waals surface area contributed by atoms with Crippen LogP contribution in [0.2, 0.25) is 0 Å². The van der Waals surface area contributed by atoms with Crippen LogP contribution in [0.4, 0.5) is 4.39 Å². The van der Waals surface area contributed by atoms with Gasteiger partial charge in [0.1, 0.15) is 10.6 Å². The maximum Gasteiger partial charge on any atom is 0.140 e. The number of halogens is 1. The molecule has 3 nitrogen and oxygen atoms in total. The number of nitrogens with two attached hydrogens (primary N) is 1. The summed E-state index contributed by atoms with van der Waals surface area (Å²) >= 11 is -1.44. The first-order chi connectivity index (χ1) is 8.26. The molecule has 0 bridgehead atoms. The molecule has 2 atom stereocenters. The second kappa shape index (κ2) is 5.70. The molecule has 0 amide bonds. The van der Waals surface area contributed by atoms with Crippen molar-refractivity contribution in [2.75, 3.05) is 0 Å². The summed E-state index contributed by atoms with van der Waals surface area (Å²) in [6, 6.07) is 6.18. The van der Waals surface area contributed by atoms with Crippen molar-refractivity contribution in [2.24, 2.45) is 5.14 Å². The Balaban J connectivity index is 2.95. The van der Waals surface area contributed by atoms with Crippen LogP contribution in [0.25, 0.3) is 0 Å². The maximum atomic E-state index is 13.3. The van der Waals surface area contributed by atoms with Gasteiger partial charge in [0.25, 0.3) is 0 Å². The minimum atomic E-state index is -1.44. The minimum Gasteiger partial charge on any atom is -0.598 e. The van der Waals surface area contributed by atoms with Crippen molar-refractivity contribution in [3.63, 3.8) is 0 Å². The van der Waals surface area contributed by atoms with Gasteiger partial charge in [-0.25, -0.2) is 4.39 Å². The molecule has 0 fully saturated rings. The molecule has 0 aliphatic carbocycles. The van der Waals surface area contributed by atoms with E-state index in [0.29, 0.717) is 12.0 Å². The van der Waals surface area contributed by atoms with Crippen LogP contribution in [0.3, 0.4) is 0 Å². The van der Waals surface area contributed by atoms with Crippen molar-refractivity contribution < 1.29 is 8.94 Å². The zero-order valence-corrected chi connectivity index (χ0v) is 11.6. The van der Waals surface area contributed by atoms with Gasteiger partial charge in [0.05, 0.1) is 11.6 Å². The molecule has 18 heavy (non-hydrogen) atoms. The predicted octanol–water partition coefficient (Wildman–Crippen LogP) is 2.59. The van der Waals surface area contributed by atoms with Crippen LogP contribution >= 0.6 is 0 Å². The topological polar surface area (TPSA) is 72.9 Å². The molecule has 5 heteroatoms. The molecule has 2 N–H and O–H groups in total. The highest BCUT2D eigenvalue weighted by Crippen LogP contribution is 2.30. The van der Waals surface area contributed by atoms with Crippen molar-refractivity contribution in [1.29, 1.82) is 5.26 Å². The minimum absolute atomic E-state index is 0.0182. The van der Waals surface area contributed by atoms with E-state index in [4.69, 9.17) is 10.4 Å². The number of hydrogen-bond donors (Lipinski definition) is 1. The van der Waals surface area contributed by atoms with Crippen molar-refractivity contribution in [2.45, 2.75) is 37.9 Å². The molecule has 0 heterocycles. The van der Waals surface area contributed by atoms with Gasteiger partial charge >= 0.3 is 0 Å². The largest absolute Gasteiger partial charge is 0.598 e. The third-order valence-electron chi connectivity index (χ3n) is 2.96. The molecule has 1 aromatic rings. The summed E-state index contributed by atoms with van der Waals surface area (Å²) in [4.78, 5) is 0. The summed E-state index contributed by atoms with van der Waals surface area (Å²) in [5.41, 5.74) is 1.02. The predicted molar refractivity (Wildman–Crippen MR) is 70.6 cm³/mol. The second-order valence-electron chi connectivity index (χ2n) is 5.05. The average Bonchev–Trinajstić information content (AvgIpc) is 2.27. The molecule has 1 rings (SSSR count). The number of benzene rings is 1. The van der Waals surface area contributed by atoms with Gasteiger partial charge in [-0.3, -0.25) is 0 Å². The van der Waals surface area contributed by atoms with Gasteiger partial charge in [0, 0.05) is 17.8 Å². The van der Waals surface area contributed by atoms with Gasteiger partial charge in [-0.15, -0.1) is 0 Å². The van der Waals surface area contributed by atoms with Gasteiger partial charge < -0.3 is 4.55 Å². The first-order valence-electron chi connectivity index (χ1n) is 5.63. The highest BCUT2D eigenvalue weighted by Gasteiger charge is 2.32. The summed E-state index contributed by atoms with van der Waals surface area (Å²) < 4.78 is 24.2. The number of nitrogens with zero attached hydrogens (tertiary/aromatic N) is 1. The molecule has 2 unspecified atom stereocenters. The van der Waals surface area contributed by atoms with Crippen LogP contribution in [-0.2, 0) is 11.4 Å². The molecule has 0 spiro atoms. The third kappa shape index (κ3) is 3.70. The molecule has 98 valence electrons. The average molecular weight is 268 g/mol. The lowest BCUT2D eigenvalue weighted by molar-refractivity contribution is 0.499. The van der Waals surface area contributed by atoms with E-state index >= 15 is 0 Å². The highest BCUT2D eigenvalue weighted by atomic mass is 32.2. The summed E-state index contributed by atoms with van der Waals surface area (Å²) in [6.45, 7) is 5.53. The fraction of sp³-hybridized carbons (Fsp3) is 0.462. The lowest BCUT2D eigenvalue weighted by Gasteiger charge is -2.27. The molecule has 1 aromatic carbocycles. The maximum absolute atomic E-state index is 13.3. The zero-order chi connectivity index (χ0) is 13.9. The van der Waals surface area contributed by atoms with E-state index in [-0.39, 0.29) is 5.92 Å². The normalized spacial score (nSPS) is 14.9. The first kappa shape index (κ1) is 15.0. The highest BCUT2D eigenvalue weighted by molar-refractivity contribution is 7.90. The standard InChI is InChI=1S/C13H17FN2OS/c1-9(7-13(2,3)18(16)17)11-4-10(8-15)5-12(14)6-11/h4-6,9H,7,16H2,1-3H3. The zero-order valence-electron chi connectivity index (χ0n) is 10.7. The van der Waals surface area contributed by atoms with Crippen LogP contribution in [0, 0.1) is 17.1 Å².